The van der Waals surface area contributed by atoms with Gasteiger partial charge in [0, 0.05) is 19.3 Å². The Balaban J connectivity index is 1.50. The molecule has 4 heteroatoms. The maximum atomic E-state index is 5.86. The second-order valence-corrected chi connectivity index (χ2v) is 6.09. The molecule has 0 aromatic carbocycles. The fourth-order valence-electron chi connectivity index (χ4n) is 3.46. The van der Waals surface area contributed by atoms with Crippen LogP contribution in [0, 0.1) is 5.41 Å². The van der Waals surface area contributed by atoms with Crippen molar-refractivity contribution in [2.75, 3.05) is 19.6 Å². The molecule has 0 bridgehead atoms. The number of halogens is 1. The van der Waals surface area contributed by atoms with E-state index in [-0.39, 0.29) is 0 Å². The van der Waals surface area contributed by atoms with Gasteiger partial charge < -0.3 is 4.90 Å². The van der Waals surface area contributed by atoms with Gasteiger partial charge in [-0.15, -0.1) is 0 Å². The highest BCUT2D eigenvalue weighted by Gasteiger charge is 2.39. The van der Waals surface area contributed by atoms with Gasteiger partial charge in [-0.2, -0.15) is 5.10 Å². The Morgan fingerprint density at radius 1 is 1.24 bits per heavy atom. The molecule has 2 aliphatic rings. The van der Waals surface area contributed by atoms with Crippen molar-refractivity contribution in [3.63, 3.8) is 0 Å². The van der Waals surface area contributed by atoms with Gasteiger partial charge in [-0.25, -0.2) is 0 Å². The Bertz CT molecular complexity index is 382. The lowest BCUT2D eigenvalue weighted by Crippen LogP contribution is -2.28. The summed E-state index contributed by atoms with van der Waals surface area (Å²) in [4.78, 5) is 2.60. The average molecular weight is 254 g/mol. The van der Waals surface area contributed by atoms with Crippen LogP contribution in [0.1, 0.15) is 32.1 Å². The van der Waals surface area contributed by atoms with E-state index in [1.54, 1.807) is 6.20 Å². The van der Waals surface area contributed by atoms with E-state index in [0.29, 0.717) is 5.41 Å². The van der Waals surface area contributed by atoms with E-state index < -0.39 is 0 Å². The molecule has 3 nitrogen and oxygen atoms in total. The fraction of sp³-hybridized carbons (Fsp3) is 0.769. The van der Waals surface area contributed by atoms with Crippen LogP contribution < -0.4 is 0 Å². The minimum atomic E-state index is 0.682. The third-order valence-corrected chi connectivity index (χ3v) is 4.62. The van der Waals surface area contributed by atoms with E-state index in [0.717, 1.165) is 18.1 Å². The van der Waals surface area contributed by atoms with Gasteiger partial charge in [0.15, 0.2) is 0 Å². The molecular weight excluding hydrogens is 234 g/mol. The van der Waals surface area contributed by atoms with Crippen molar-refractivity contribution in [1.29, 1.82) is 0 Å². The van der Waals surface area contributed by atoms with Gasteiger partial charge in [0.25, 0.3) is 0 Å². The number of nitrogens with zero attached hydrogens (tertiary/aromatic N) is 3. The lowest BCUT2D eigenvalue weighted by molar-refractivity contribution is 0.252. The Morgan fingerprint density at radius 3 is 2.76 bits per heavy atom. The highest BCUT2D eigenvalue weighted by molar-refractivity contribution is 6.30. The molecule has 1 aromatic rings. The molecule has 0 unspecified atom stereocenters. The highest BCUT2D eigenvalue weighted by Crippen LogP contribution is 2.45. The normalized spacial score (nSPS) is 23.8. The number of rotatable bonds is 3. The van der Waals surface area contributed by atoms with Gasteiger partial charge in [-0.05, 0) is 31.2 Å². The Labute approximate surface area is 108 Å². The highest BCUT2D eigenvalue weighted by atomic mass is 35.5. The Kier molecular flexibility index (Phi) is 3.14. The second-order valence-electron chi connectivity index (χ2n) is 5.65. The summed E-state index contributed by atoms with van der Waals surface area (Å²) in [5.41, 5.74) is 0.682. The van der Waals surface area contributed by atoms with Gasteiger partial charge in [0.1, 0.15) is 0 Å². The van der Waals surface area contributed by atoms with E-state index >= 15 is 0 Å². The number of hydrogen-bond donors (Lipinski definition) is 0. The van der Waals surface area contributed by atoms with Crippen molar-refractivity contribution in [1.82, 2.24) is 14.7 Å². The molecule has 1 saturated heterocycles. The molecule has 1 aromatic heterocycles. The van der Waals surface area contributed by atoms with Crippen molar-refractivity contribution in [3.8, 4) is 0 Å². The molecule has 94 valence electrons. The first-order valence-electron chi connectivity index (χ1n) is 6.66. The molecule has 2 heterocycles. The molecular formula is C13H20ClN3. The maximum absolute atomic E-state index is 5.86. The second kappa shape index (κ2) is 4.62. The molecule has 0 atom stereocenters. The summed E-state index contributed by atoms with van der Waals surface area (Å²) in [7, 11) is 0. The summed E-state index contributed by atoms with van der Waals surface area (Å²) in [5.74, 6) is 0. The van der Waals surface area contributed by atoms with Crippen LogP contribution in [0.15, 0.2) is 12.4 Å². The molecule has 1 spiro atoms. The van der Waals surface area contributed by atoms with E-state index in [2.05, 4.69) is 10.00 Å². The molecule has 1 aliphatic heterocycles. The smallest absolute Gasteiger partial charge is 0.0785 e. The van der Waals surface area contributed by atoms with Crippen LogP contribution in [-0.2, 0) is 6.54 Å². The van der Waals surface area contributed by atoms with Crippen LogP contribution in [0.4, 0.5) is 0 Å². The number of aromatic nitrogens is 2. The minimum Gasteiger partial charge on any atom is -0.301 e. The zero-order valence-corrected chi connectivity index (χ0v) is 11.0. The molecule has 17 heavy (non-hydrogen) atoms. The molecule has 1 saturated carbocycles. The van der Waals surface area contributed by atoms with Gasteiger partial charge in [0.2, 0.25) is 0 Å². The van der Waals surface area contributed by atoms with Crippen molar-refractivity contribution in [3.05, 3.63) is 17.4 Å². The number of hydrogen-bond acceptors (Lipinski definition) is 2. The third kappa shape index (κ3) is 2.50. The average Bonchev–Trinajstić information content (AvgIpc) is 3.01. The molecule has 0 N–H and O–H groups in total. The topological polar surface area (TPSA) is 21.1 Å². The molecule has 0 radical (unpaired) electrons. The first-order chi connectivity index (χ1) is 8.26. The summed E-state index contributed by atoms with van der Waals surface area (Å²) in [6.07, 6.45) is 10.8. The van der Waals surface area contributed by atoms with Crippen LogP contribution in [-0.4, -0.2) is 34.3 Å². The first-order valence-corrected chi connectivity index (χ1v) is 7.04. The summed E-state index contributed by atoms with van der Waals surface area (Å²) in [6, 6.07) is 0. The zero-order valence-electron chi connectivity index (χ0n) is 10.2. The van der Waals surface area contributed by atoms with Gasteiger partial charge in [0.05, 0.1) is 17.8 Å². The summed E-state index contributed by atoms with van der Waals surface area (Å²) in [5, 5.41) is 4.96. The van der Waals surface area contributed by atoms with E-state index in [9.17, 15) is 0 Å². The largest absolute Gasteiger partial charge is 0.301 e. The molecule has 1 aliphatic carbocycles. The lowest BCUT2D eigenvalue weighted by Gasteiger charge is -2.23. The Morgan fingerprint density at radius 2 is 2.06 bits per heavy atom. The van der Waals surface area contributed by atoms with Gasteiger partial charge >= 0.3 is 0 Å². The molecule has 2 fully saturated rings. The van der Waals surface area contributed by atoms with E-state index in [4.69, 9.17) is 11.6 Å². The van der Waals surface area contributed by atoms with Crippen molar-refractivity contribution in [2.24, 2.45) is 5.41 Å². The Hall–Kier alpha value is -0.540. The fourth-order valence-corrected chi connectivity index (χ4v) is 3.61. The van der Waals surface area contributed by atoms with Crippen molar-refractivity contribution in [2.45, 2.75) is 38.6 Å². The minimum absolute atomic E-state index is 0.682. The van der Waals surface area contributed by atoms with Gasteiger partial charge in [-0.3, -0.25) is 4.68 Å². The van der Waals surface area contributed by atoms with Crippen LogP contribution in [0.2, 0.25) is 5.02 Å². The van der Waals surface area contributed by atoms with E-state index in [1.807, 2.05) is 10.9 Å². The maximum Gasteiger partial charge on any atom is 0.0785 e. The van der Waals surface area contributed by atoms with Crippen LogP contribution in [0.25, 0.3) is 0 Å². The van der Waals surface area contributed by atoms with Crippen LogP contribution in [0.5, 0.6) is 0 Å². The predicted octanol–water partition coefficient (Wildman–Crippen LogP) is 2.80. The standard InChI is InChI=1S/C13H20ClN3/c14-12-9-15-17(10-12)8-7-16-6-5-13(11-16)3-1-2-4-13/h9-10H,1-8,11H2. The molecule has 0 amide bonds. The summed E-state index contributed by atoms with van der Waals surface area (Å²) in [6.45, 7) is 4.65. The quantitative estimate of drug-likeness (QED) is 0.826. The van der Waals surface area contributed by atoms with E-state index in [1.165, 1.54) is 45.2 Å². The summed E-state index contributed by atoms with van der Waals surface area (Å²) < 4.78 is 1.95. The van der Waals surface area contributed by atoms with Crippen molar-refractivity contribution >= 4 is 11.6 Å². The first kappa shape index (κ1) is 11.5. The van der Waals surface area contributed by atoms with Crippen LogP contribution in [0.3, 0.4) is 0 Å². The van der Waals surface area contributed by atoms with Crippen molar-refractivity contribution < 1.29 is 0 Å². The third-order valence-electron chi connectivity index (χ3n) is 4.43. The lowest BCUT2D eigenvalue weighted by atomic mass is 9.86. The number of likely N-dealkylation sites (tertiary alicyclic amines) is 1. The predicted molar refractivity (Wildman–Crippen MR) is 69.2 cm³/mol. The monoisotopic (exact) mass is 253 g/mol. The molecule has 3 rings (SSSR count). The van der Waals surface area contributed by atoms with Crippen LogP contribution >= 0.6 is 11.6 Å². The summed E-state index contributed by atoms with van der Waals surface area (Å²) >= 11 is 5.86. The SMILES string of the molecule is Clc1cnn(CCN2CCC3(CCCC3)C2)c1. The zero-order chi connectivity index (χ0) is 11.7. The van der Waals surface area contributed by atoms with Gasteiger partial charge in [-0.1, -0.05) is 24.4 Å².